The van der Waals surface area contributed by atoms with E-state index in [4.69, 9.17) is 0 Å². The summed E-state index contributed by atoms with van der Waals surface area (Å²) in [6.45, 7) is 7.99. The SMILES string of the molecule is Cc1ccccc1NC(=O)CN1CCCN(CC(=O)Nc2ccccc2C)CC1. The van der Waals surface area contributed by atoms with Crippen LogP contribution in [-0.4, -0.2) is 60.9 Å². The van der Waals surface area contributed by atoms with Gasteiger partial charge in [0.15, 0.2) is 0 Å². The molecule has 6 heteroatoms. The van der Waals surface area contributed by atoms with E-state index >= 15 is 0 Å². The molecule has 0 unspecified atom stereocenters. The molecule has 2 N–H and O–H groups in total. The Kier molecular flexibility index (Phi) is 7.38. The van der Waals surface area contributed by atoms with Crippen LogP contribution < -0.4 is 10.6 Å². The zero-order chi connectivity index (χ0) is 20.6. The highest BCUT2D eigenvalue weighted by Gasteiger charge is 2.19. The summed E-state index contributed by atoms with van der Waals surface area (Å²) in [5.41, 5.74) is 3.84. The van der Waals surface area contributed by atoms with E-state index in [1.165, 1.54) is 0 Å². The van der Waals surface area contributed by atoms with Gasteiger partial charge in [-0.05, 0) is 56.6 Å². The second-order valence-electron chi connectivity index (χ2n) is 7.63. The minimum atomic E-state index is 0.00467. The van der Waals surface area contributed by atoms with Crippen LogP contribution in [0.5, 0.6) is 0 Å². The van der Waals surface area contributed by atoms with Crippen LogP contribution >= 0.6 is 0 Å². The van der Waals surface area contributed by atoms with Crippen molar-refractivity contribution in [1.82, 2.24) is 9.80 Å². The zero-order valence-electron chi connectivity index (χ0n) is 17.3. The van der Waals surface area contributed by atoms with Crippen molar-refractivity contribution < 1.29 is 9.59 Å². The average molecular weight is 395 g/mol. The minimum absolute atomic E-state index is 0.00467. The maximum atomic E-state index is 12.4. The van der Waals surface area contributed by atoms with Crippen molar-refractivity contribution in [3.63, 3.8) is 0 Å². The number of para-hydroxylation sites is 2. The summed E-state index contributed by atoms with van der Waals surface area (Å²) in [7, 11) is 0. The van der Waals surface area contributed by atoms with Gasteiger partial charge in [0, 0.05) is 24.5 Å². The topological polar surface area (TPSA) is 64.7 Å². The molecule has 0 aromatic heterocycles. The van der Waals surface area contributed by atoms with Crippen LogP contribution in [0.2, 0.25) is 0 Å². The molecule has 29 heavy (non-hydrogen) atoms. The highest BCUT2D eigenvalue weighted by molar-refractivity contribution is 5.93. The van der Waals surface area contributed by atoms with Crippen molar-refractivity contribution in [2.75, 3.05) is 49.9 Å². The normalized spacial score (nSPS) is 15.5. The Balaban J connectivity index is 1.45. The van der Waals surface area contributed by atoms with Crippen LogP contribution in [0, 0.1) is 13.8 Å². The summed E-state index contributed by atoms with van der Waals surface area (Å²) >= 11 is 0. The summed E-state index contributed by atoms with van der Waals surface area (Å²) in [6, 6.07) is 15.6. The zero-order valence-corrected chi connectivity index (χ0v) is 17.3. The fraction of sp³-hybridized carbons (Fsp3) is 0.391. The molecule has 6 nitrogen and oxygen atoms in total. The summed E-state index contributed by atoms with van der Waals surface area (Å²) in [5, 5.41) is 5.99. The predicted molar refractivity (Wildman–Crippen MR) is 117 cm³/mol. The van der Waals surface area contributed by atoms with Crippen LogP contribution in [0.3, 0.4) is 0 Å². The van der Waals surface area contributed by atoms with Gasteiger partial charge in [0.05, 0.1) is 13.1 Å². The Morgan fingerprint density at radius 3 is 1.55 bits per heavy atom. The number of benzene rings is 2. The number of hydrogen-bond donors (Lipinski definition) is 2. The van der Waals surface area contributed by atoms with Crippen molar-refractivity contribution in [2.24, 2.45) is 0 Å². The number of amides is 2. The molecular formula is C23H30N4O2. The standard InChI is InChI=1S/C23H30N4O2/c1-18-8-3-5-10-20(18)24-22(28)16-26-12-7-13-27(15-14-26)17-23(29)25-21-11-6-4-9-19(21)2/h3-6,8-11H,7,12-17H2,1-2H3,(H,24,28)(H,25,29). The first kappa shape index (κ1) is 21.0. The first-order valence-electron chi connectivity index (χ1n) is 10.2. The molecule has 2 aromatic rings. The highest BCUT2D eigenvalue weighted by atomic mass is 16.2. The average Bonchev–Trinajstić information content (AvgIpc) is 2.90. The van der Waals surface area contributed by atoms with Gasteiger partial charge in [-0.3, -0.25) is 19.4 Å². The van der Waals surface area contributed by atoms with E-state index in [9.17, 15) is 9.59 Å². The number of carbonyl (C=O) groups is 2. The molecule has 1 aliphatic rings. The van der Waals surface area contributed by atoms with Gasteiger partial charge >= 0.3 is 0 Å². The third kappa shape index (κ3) is 6.41. The van der Waals surface area contributed by atoms with Crippen LogP contribution in [0.1, 0.15) is 17.5 Å². The number of aryl methyl sites for hydroxylation is 2. The van der Waals surface area contributed by atoms with E-state index in [-0.39, 0.29) is 11.8 Å². The van der Waals surface area contributed by atoms with Gasteiger partial charge in [-0.15, -0.1) is 0 Å². The lowest BCUT2D eigenvalue weighted by Gasteiger charge is -2.21. The lowest BCUT2D eigenvalue weighted by atomic mass is 10.2. The Bertz CT molecular complexity index is 783. The van der Waals surface area contributed by atoms with Gasteiger partial charge in [-0.2, -0.15) is 0 Å². The number of carbonyl (C=O) groups excluding carboxylic acids is 2. The van der Waals surface area contributed by atoms with Gasteiger partial charge in [0.1, 0.15) is 0 Å². The van der Waals surface area contributed by atoms with Crippen molar-refractivity contribution in [1.29, 1.82) is 0 Å². The van der Waals surface area contributed by atoms with E-state index in [1.807, 2.05) is 62.4 Å². The molecule has 2 amide bonds. The highest BCUT2D eigenvalue weighted by Crippen LogP contribution is 2.14. The molecule has 154 valence electrons. The summed E-state index contributed by atoms with van der Waals surface area (Å²) in [6.07, 6.45) is 0.940. The summed E-state index contributed by atoms with van der Waals surface area (Å²) < 4.78 is 0. The van der Waals surface area contributed by atoms with E-state index in [0.29, 0.717) is 13.1 Å². The molecule has 0 radical (unpaired) electrons. The number of nitrogens with one attached hydrogen (secondary N) is 2. The van der Waals surface area contributed by atoms with Crippen LogP contribution in [0.25, 0.3) is 0 Å². The monoisotopic (exact) mass is 394 g/mol. The Labute approximate surface area is 172 Å². The lowest BCUT2D eigenvalue weighted by Crippen LogP contribution is -2.38. The molecule has 0 bridgehead atoms. The molecule has 0 spiro atoms. The second kappa shape index (κ2) is 10.2. The molecule has 1 aliphatic heterocycles. The van der Waals surface area contributed by atoms with Crippen molar-refractivity contribution in [2.45, 2.75) is 20.3 Å². The summed E-state index contributed by atoms with van der Waals surface area (Å²) in [4.78, 5) is 29.1. The molecule has 1 saturated heterocycles. The largest absolute Gasteiger partial charge is 0.325 e. The van der Waals surface area contributed by atoms with E-state index in [1.54, 1.807) is 0 Å². The molecule has 0 saturated carbocycles. The fourth-order valence-corrected chi connectivity index (χ4v) is 3.55. The predicted octanol–water partition coefficient (Wildman–Crippen LogP) is 2.89. The van der Waals surface area contributed by atoms with E-state index < -0.39 is 0 Å². The number of anilines is 2. The smallest absolute Gasteiger partial charge is 0.238 e. The van der Waals surface area contributed by atoms with E-state index in [0.717, 1.165) is 55.1 Å². The molecule has 2 aromatic carbocycles. The molecule has 1 fully saturated rings. The van der Waals surface area contributed by atoms with Gasteiger partial charge in [0.25, 0.3) is 0 Å². The maximum absolute atomic E-state index is 12.4. The third-order valence-corrected chi connectivity index (χ3v) is 5.25. The van der Waals surface area contributed by atoms with Gasteiger partial charge in [-0.1, -0.05) is 36.4 Å². The van der Waals surface area contributed by atoms with Crippen LogP contribution in [-0.2, 0) is 9.59 Å². The van der Waals surface area contributed by atoms with Crippen LogP contribution in [0.15, 0.2) is 48.5 Å². The fourth-order valence-electron chi connectivity index (χ4n) is 3.55. The lowest BCUT2D eigenvalue weighted by molar-refractivity contribution is -0.118. The molecule has 1 heterocycles. The van der Waals surface area contributed by atoms with Gasteiger partial charge in [-0.25, -0.2) is 0 Å². The van der Waals surface area contributed by atoms with Gasteiger partial charge in [0.2, 0.25) is 11.8 Å². The van der Waals surface area contributed by atoms with Crippen LogP contribution in [0.4, 0.5) is 11.4 Å². The molecule has 0 aliphatic carbocycles. The first-order chi connectivity index (χ1) is 14.0. The Hall–Kier alpha value is -2.70. The second-order valence-corrected chi connectivity index (χ2v) is 7.63. The number of nitrogens with zero attached hydrogens (tertiary/aromatic N) is 2. The Morgan fingerprint density at radius 1 is 0.724 bits per heavy atom. The first-order valence-corrected chi connectivity index (χ1v) is 10.2. The summed E-state index contributed by atoms with van der Waals surface area (Å²) in [5.74, 6) is 0.00934. The van der Waals surface area contributed by atoms with Crippen molar-refractivity contribution in [3.05, 3.63) is 59.7 Å². The van der Waals surface area contributed by atoms with Crippen molar-refractivity contribution >= 4 is 23.2 Å². The van der Waals surface area contributed by atoms with Crippen molar-refractivity contribution in [3.8, 4) is 0 Å². The molecule has 0 atom stereocenters. The van der Waals surface area contributed by atoms with E-state index in [2.05, 4.69) is 20.4 Å². The third-order valence-electron chi connectivity index (χ3n) is 5.25. The maximum Gasteiger partial charge on any atom is 0.238 e. The number of rotatable bonds is 6. The number of hydrogen-bond acceptors (Lipinski definition) is 4. The Morgan fingerprint density at radius 2 is 1.14 bits per heavy atom. The minimum Gasteiger partial charge on any atom is -0.325 e. The molecule has 3 rings (SSSR count). The molecular weight excluding hydrogens is 364 g/mol. The van der Waals surface area contributed by atoms with Gasteiger partial charge < -0.3 is 10.6 Å². The quantitative estimate of drug-likeness (QED) is 0.791.